The Hall–Kier alpha value is -1.50. The first-order valence-corrected chi connectivity index (χ1v) is 13.6. The maximum Gasteiger partial charge on any atom is 0.519 e. The molecule has 1 unspecified atom stereocenters. The predicted octanol–water partition coefficient (Wildman–Crippen LogP) is 1.81. The third kappa shape index (κ3) is 4.59. The van der Waals surface area contributed by atoms with Crippen molar-refractivity contribution in [2.75, 3.05) is 11.5 Å². The van der Waals surface area contributed by atoms with Crippen molar-refractivity contribution in [1.82, 2.24) is 4.90 Å². The number of esters is 1. The van der Waals surface area contributed by atoms with Gasteiger partial charge in [-0.25, -0.2) is 9.59 Å². The number of carbonyl (C=O) groups excluding carboxylic acids is 2. The molecule has 9 nitrogen and oxygen atoms in total. The highest BCUT2D eigenvalue weighted by Gasteiger charge is 2.58. The maximum atomic E-state index is 13.0. The number of thioether (sulfide) groups is 2. The summed E-state index contributed by atoms with van der Waals surface area (Å²) in [7, 11) is -0.874. The molecule has 32 heavy (non-hydrogen) atoms. The third-order valence-corrected chi connectivity index (χ3v) is 9.97. The van der Waals surface area contributed by atoms with Gasteiger partial charge in [0.15, 0.2) is 23.8 Å². The minimum Gasteiger partial charge on any atom is -0.453 e. The Morgan fingerprint density at radius 3 is 2.66 bits per heavy atom. The number of carbonyl (C=O) groups is 2. The first-order valence-electron chi connectivity index (χ1n) is 10.4. The standard InChI is InChI=1S/C20H25NO8S3/c1-9(2)6-12-13(29-20(25)28-12)7-27-18(24)15-19(30-11-4-5-32(26)8-11)31-17-14(10(3)22)16(23)21(15)17/h9-11,14,17,22H,4-8H2,1-3H3/t10-,11+,14+,17-,32?/m1/s1. The SMILES string of the molecule is CC(C)Cc1oc(=O)oc1COC(=O)C1=C(S[C@H]2CCS(=O)C2)S[C@@H]2[C@@H]([C@@H](C)O)C(=O)N12. The average molecular weight is 504 g/mol. The van der Waals surface area contributed by atoms with E-state index in [0.29, 0.717) is 27.9 Å². The number of aliphatic hydroxyl groups is 1. The molecule has 12 heteroatoms. The van der Waals surface area contributed by atoms with Gasteiger partial charge < -0.3 is 18.7 Å². The maximum absolute atomic E-state index is 13.0. The van der Waals surface area contributed by atoms with E-state index in [9.17, 15) is 23.7 Å². The minimum absolute atomic E-state index is 0.0875. The molecule has 0 saturated carbocycles. The summed E-state index contributed by atoms with van der Waals surface area (Å²) in [6, 6.07) is 0. The molecule has 0 aliphatic carbocycles. The number of hydrogen-bond acceptors (Lipinski definition) is 10. The average Bonchev–Trinajstić information content (AvgIpc) is 3.35. The van der Waals surface area contributed by atoms with Crippen molar-refractivity contribution in [3.8, 4) is 0 Å². The number of aliphatic hydroxyl groups excluding tert-OH is 1. The Labute approximate surface area is 195 Å². The number of nitrogens with zero attached hydrogens (tertiary/aromatic N) is 1. The molecule has 4 rings (SSSR count). The fourth-order valence-electron chi connectivity index (χ4n) is 3.88. The Morgan fingerprint density at radius 2 is 2.03 bits per heavy atom. The van der Waals surface area contributed by atoms with Gasteiger partial charge in [-0.1, -0.05) is 25.6 Å². The van der Waals surface area contributed by atoms with Crippen molar-refractivity contribution in [2.45, 2.75) is 56.9 Å². The van der Waals surface area contributed by atoms with Gasteiger partial charge in [-0.3, -0.25) is 13.9 Å². The van der Waals surface area contributed by atoms with Gasteiger partial charge in [0, 0.05) is 34.0 Å². The van der Waals surface area contributed by atoms with Gasteiger partial charge >= 0.3 is 11.8 Å². The van der Waals surface area contributed by atoms with Gasteiger partial charge in [0.2, 0.25) is 5.91 Å². The van der Waals surface area contributed by atoms with Crippen LogP contribution in [0.5, 0.6) is 0 Å². The Morgan fingerprint density at radius 1 is 1.31 bits per heavy atom. The van der Waals surface area contributed by atoms with Crippen LogP contribution >= 0.6 is 23.5 Å². The molecule has 2 fully saturated rings. The van der Waals surface area contributed by atoms with Crippen molar-refractivity contribution in [3.63, 3.8) is 0 Å². The summed E-state index contributed by atoms with van der Waals surface area (Å²) in [5.74, 6) is -0.641. The molecule has 176 valence electrons. The van der Waals surface area contributed by atoms with E-state index in [1.165, 1.54) is 28.4 Å². The summed E-state index contributed by atoms with van der Waals surface area (Å²) in [4.78, 5) is 38.6. The van der Waals surface area contributed by atoms with Crippen molar-refractivity contribution in [3.05, 3.63) is 32.1 Å². The lowest BCUT2D eigenvalue weighted by molar-refractivity contribution is -0.158. The summed E-state index contributed by atoms with van der Waals surface area (Å²) in [6.45, 7) is 5.17. The highest BCUT2D eigenvalue weighted by atomic mass is 32.2. The number of rotatable bonds is 8. The molecule has 0 bridgehead atoms. The zero-order chi connectivity index (χ0) is 23.2. The van der Waals surface area contributed by atoms with Crippen LogP contribution in [0.25, 0.3) is 0 Å². The summed E-state index contributed by atoms with van der Waals surface area (Å²) < 4.78 is 27.9. The highest BCUT2D eigenvalue weighted by Crippen LogP contribution is 2.55. The van der Waals surface area contributed by atoms with E-state index in [0.717, 1.165) is 6.42 Å². The highest BCUT2D eigenvalue weighted by molar-refractivity contribution is 8.23. The van der Waals surface area contributed by atoms with Crippen LogP contribution in [0.1, 0.15) is 38.7 Å². The molecular weight excluding hydrogens is 478 g/mol. The number of fused-ring (bicyclic) bond motifs is 1. The largest absolute Gasteiger partial charge is 0.519 e. The summed E-state index contributed by atoms with van der Waals surface area (Å²) in [5, 5.41) is 9.70. The van der Waals surface area contributed by atoms with Gasteiger partial charge in [-0.2, -0.15) is 0 Å². The Kier molecular flexibility index (Phi) is 6.94. The summed E-state index contributed by atoms with van der Waals surface area (Å²) >= 11 is 2.80. The third-order valence-electron chi connectivity index (χ3n) is 5.42. The molecule has 3 aliphatic rings. The van der Waals surface area contributed by atoms with E-state index in [1.54, 1.807) is 6.92 Å². The quantitative estimate of drug-likeness (QED) is 0.414. The number of hydrogen-bond donors (Lipinski definition) is 1. The van der Waals surface area contributed by atoms with Gasteiger partial charge in [-0.05, 0) is 19.3 Å². The van der Waals surface area contributed by atoms with Crippen molar-refractivity contribution in [1.29, 1.82) is 0 Å². The van der Waals surface area contributed by atoms with Crippen LogP contribution in [0.4, 0.5) is 0 Å². The first-order chi connectivity index (χ1) is 15.2. The molecule has 4 heterocycles. The normalized spacial score (nSPS) is 28.3. The van der Waals surface area contributed by atoms with Crippen LogP contribution in [0, 0.1) is 11.8 Å². The second kappa shape index (κ2) is 9.40. The van der Waals surface area contributed by atoms with Crippen LogP contribution in [-0.4, -0.2) is 54.3 Å². The predicted molar refractivity (Wildman–Crippen MR) is 120 cm³/mol. The molecule has 1 aromatic heterocycles. The van der Waals surface area contributed by atoms with Crippen molar-refractivity contribution < 1.29 is 32.5 Å². The molecule has 1 N–H and O–H groups in total. The van der Waals surface area contributed by atoms with E-state index in [2.05, 4.69) is 0 Å². The zero-order valence-corrected chi connectivity index (χ0v) is 20.3. The van der Waals surface area contributed by atoms with Crippen LogP contribution in [0.15, 0.2) is 23.6 Å². The van der Waals surface area contributed by atoms with E-state index in [-0.39, 0.29) is 40.5 Å². The van der Waals surface area contributed by atoms with Crippen LogP contribution in [-0.2, 0) is 38.2 Å². The molecule has 0 aromatic carbocycles. The topological polar surface area (TPSA) is 127 Å². The molecule has 2 saturated heterocycles. The van der Waals surface area contributed by atoms with E-state index in [1.807, 2.05) is 13.8 Å². The smallest absolute Gasteiger partial charge is 0.453 e. The summed E-state index contributed by atoms with van der Waals surface area (Å²) in [5.41, 5.74) is 0.140. The second-order valence-electron chi connectivity index (χ2n) is 8.43. The molecule has 5 atom stereocenters. The van der Waals surface area contributed by atoms with Crippen LogP contribution in [0.3, 0.4) is 0 Å². The number of β-lactam (4-membered cyclic amide) rings is 1. The molecule has 1 amide bonds. The van der Waals surface area contributed by atoms with Crippen molar-refractivity contribution >= 4 is 46.2 Å². The Bertz CT molecular complexity index is 1030. The van der Waals surface area contributed by atoms with Gasteiger partial charge in [0.25, 0.3) is 0 Å². The van der Waals surface area contributed by atoms with Crippen molar-refractivity contribution in [2.24, 2.45) is 11.8 Å². The second-order valence-corrected chi connectivity index (χ2v) is 12.8. The molecule has 3 aliphatic heterocycles. The van der Waals surface area contributed by atoms with Crippen LogP contribution in [0.2, 0.25) is 0 Å². The molecular formula is C20H25NO8S3. The van der Waals surface area contributed by atoms with E-state index >= 15 is 0 Å². The number of amides is 1. The summed E-state index contributed by atoms with van der Waals surface area (Å²) in [6.07, 6.45) is 0.386. The van der Waals surface area contributed by atoms with Gasteiger partial charge in [0.05, 0.1) is 16.3 Å². The monoisotopic (exact) mass is 503 g/mol. The van der Waals surface area contributed by atoms with E-state index in [4.69, 9.17) is 13.6 Å². The lowest BCUT2D eigenvalue weighted by atomic mass is 9.92. The van der Waals surface area contributed by atoms with Gasteiger partial charge in [0.1, 0.15) is 5.37 Å². The van der Waals surface area contributed by atoms with Gasteiger partial charge in [-0.15, -0.1) is 11.8 Å². The zero-order valence-electron chi connectivity index (χ0n) is 17.9. The lowest BCUT2D eigenvalue weighted by Crippen LogP contribution is -2.60. The Balaban J connectivity index is 1.53. The first kappa shape index (κ1) is 23.7. The fraction of sp³-hybridized carbons (Fsp3) is 0.650. The minimum atomic E-state index is -0.874. The van der Waals surface area contributed by atoms with E-state index < -0.39 is 34.6 Å². The number of ether oxygens (including phenoxy) is 1. The van der Waals surface area contributed by atoms with Crippen LogP contribution < -0.4 is 5.82 Å². The molecule has 0 spiro atoms. The molecule has 0 radical (unpaired) electrons. The fourth-order valence-corrected chi connectivity index (χ4v) is 9.12. The lowest BCUT2D eigenvalue weighted by Gasteiger charge is -2.43. The molecule has 1 aromatic rings.